The first-order chi connectivity index (χ1) is 4.79. The van der Waals surface area contributed by atoms with Crippen molar-refractivity contribution in [1.82, 2.24) is 0 Å². The molecule has 0 spiro atoms. The first kappa shape index (κ1) is 13.5. The highest BCUT2D eigenvalue weighted by molar-refractivity contribution is 4.66. The van der Waals surface area contributed by atoms with E-state index in [0.717, 1.165) is 11.8 Å². The summed E-state index contributed by atoms with van der Waals surface area (Å²) in [5.74, 6) is 2.03. The van der Waals surface area contributed by atoms with Crippen LogP contribution in [-0.2, 0) is 0 Å². The van der Waals surface area contributed by atoms with Crippen LogP contribution in [0, 0.1) is 11.8 Å². The lowest BCUT2D eigenvalue weighted by Crippen LogP contribution is -2.09. The summed E-state index contributed by atoms with van der Waals surface area (Å²) in [6.45, 7) is 8.74. The number of hydrogen-bond acceptors (Lipinski definition) is 0. The highest BCUT2D eigenvalue weighted by atomic mass is 16.0. The van der Waals surface area contributed by atoms with Crippen molar-refractivity contribution in [3.8, 4) is 0 Å². The molecular formula is C10H24O. The molecule has 0 heterocycles. The van der Waals surface area contributed by atoms with Gasteiger partial charge in [0.15, 0.2) is 0 Å². The van der Waals surface area contributed by atoms with Gasteiger partial charge in [-0.15, -0.1) is 0 Å². The van der Waals surface area contributed by atoms with Crippen LogP contribution in [0.15, 0.2) is 0 Å². The van der Waals surface area contributed by atoms with Crippen molar-refractivity contribution in [2.75, 3.05) is 0 Å². The van der Waals surface area contributed by atoms with Gasteiger partial charge in [0.2, 0.25) is 0 Å². The van der Waals surface area contributed by atoms with Crippen LogP contribution in [0.3, 0.4) is 0 Å². The zero-order chi connectivity index (χ0) is 7.98. The fourth-order valence-electron chi connectivity index (χ4n) is 1.74. The van der Waals surface area contributed by atoms with Crippen LogP contribution < -0.4 is 0 Å². The molecule has 2 N–H and O–H groups in total. The fraction of sp³-hybridized carbons (Fsp3) is 1.00. The van der Waals surface area contributed by atoms with Gasteiger partial charge in [0, 0.05) is 0 Å². The third kappa shape index (κ3) is 6.36. The van der Waals surface area contributed by atoms with Crippen LogP contribution in [0.2, 0.25) is 0 Å². The normalized spacial score (nSPS) is 29.5. The Morgan fingerprint density at radius 3 is 1.45 bits per heavy atom. The molecule has 2 atom stereocenters. The first-order valence-corrected chi connectivity index (χ1v) is 4.79. The van der Waals surface area contributed by atoms with Crippen molar-refractivity contribution < 1.29 is 5.48 Å². The molecule has 0 aromatic heterocycles. The standard InChI is InChI=1S/C8H16.C2H6.H2O/c1-7-4-3-5-8(2)6-7;1-2;/h7-8H,3-6H2,1-2H3;1-2H3;1H2/t7-,8+;;. The second kappa shape index (κ2) is 8.06. The molecule has 11 heavy (non-hydrogen) atoms. The predicted molar refractivity (Wildman–Crippen MR) is 51.8 cm³/mol. The molecule has 0 aromatic rings. The van der Waals surface area contributed by atoms with E-state index in [0.29, 0.717) is 0 Å². The maximum Gasteiger partial charge on any atom is -0.0440 e. The van der Waals surface area contributed by atoms with E-state index in [2.05, 4.69) is 13.8 Å². The second-order valence-corrected chi connectivity index (χ2v) is 3.38. The van der Waals surface area contributed by atoms with Crippen LogP contribution >= 0.6 is 0 Å². The van der Waals surface area contributed by atoms with Crippen LogP contribution in [0.5, 0.6) is 0 Å². The lowest BCUT2D eigenvalue weighted by atomic mass is 9.84. The second-order valence-electron chi connectivity index (χ2n) is 3.38. The Labute approximate surface area is 71.5 Å². The van der Waals surface area contributed by atoms with Gasteiger partial charge < -0.3 is 5.48 Å². The highest BCUT2D eigenvalue weighted by Crippen LogP contribution is 2.27. The molecule has 1 nitrogen and oxygen atoms in total. The summed E-state index contributed by atoms with van der Waals surface area (Å²) in [5.41, 5.74) is 0. The van der Waals surface area contributed by atoms with Crippen LogP contribution in [0.1, 0.15) is 53.4 Å². The molecule has 70 valence electrons. The topological polar surface area (TPSA) is 31.5 Å². The Morgan fingerprint density at radius 2 is 1.27 bits per heavy atom. The van der Waals surface area contributed by atoms with Gasteiger partial charge in [-0.25, -0.2) is 0 Å². The molecular weight excluding hydrogens is 136 g/mol. The quantitative estimate of drug-likeness (QED) is 0.521. The lowest BCUT2D eigenvalue weighted by molar-refractivity contribution is 0.301. The minimum absolute atomic E-state index is 0. The highest BCUT2D eigenvalue weighted by Gasteiger charge is 2.13. The average molecular weight is 160 g/mol. The van der Waals surface area contributed by atoms with E-state index in [1.807, 2.05) is 13.8 Å². The molecule has 1 aliphatic rings. The van der Waals surface area contributed by atoms with Gasteiger partial charge in [-0.1, -0.05) is 47.0 Å². The van der Waals surface area contributed by atoms with Gasteiger partial charge in [0.05, 0.1) is 0 Å². The minimum atomic E-state index is 0. The summed E-state index contributed by atoms with van der Waals surface area (Å²) in [6, 6.07) is 0. The predicted octanol–water partition coefficient (Wildman–Crippen LogP) is 3.03. The molecule has 1 aliphatic carbocycles. The molecule has 0 aliphatic heterocycles. The van der Waals surface area contributed by atoms with E-state index in [1.165, 1.54) is 25.7 Å². The molecule has 0 bridgehead atoms. The maximum absolute atomic E-state index is 2.37. The Bertz CT molecular complexity index is 63.3. The summed E-state index contributed by atoms with van der Waals surface area (Å²) in [4.78, 5) is 0. The molecule has 0 amide bonds. The van der Waals surface area contributed by atoms with Crippen LogP contribution in [0.4, 0.5) is 0 Å². The minimum Gasteiger partial charge on any atom is -0.412 e. The zero-order valence-electron chi connectivity index (χ0n) is 8.48. The van der Waals surface area contributed by atoms with E-state index >= 15 is 0 Å². The van der Waals surface area contributed by atoms with Gasteiger partial charge in [0.1, 0.15) is 0 Å². The Hall–Kier alpha value is -0.0400. The third-order valence-electron chi connectivity index (χ3n) is 2.20. The summed E-state index contributed by atoms with van der Waals surface area (Å²) in [6.07, 6.45) is 5.90. The van der Waals surface area contributed by atoms with Crippen molar-refractivity contribution in [3.05, 3.63) is 0 Å². The monoisotopic (exact) mass is 160 g/mol. The van der Waals surface area contributed by atoms with E-state index < -0.39 is 0 Å². The van der Waals surface area contributed by atoms with Gasteiger partial charge in [0.25, 0.3) is 0 Å². The van der Waals surface area contributed by atoms with Crippen LogP contribution in [0.25, 0.3) is 0 Å². The summed E-state index contributed by atoms with van der Waals surface area (Å²) >= 11 is 0. The molecule has 1 saturated carbocycles. The number of rotatable bonds is 0. The van der Waals surface area contributed by atoms with E-state index in [9.17, 15) is 0 Å². The Morgan fingerprint density at radius 1 is 0.909 bits per heavy atom. The Balaban J connectivity index is 0. The molecule has 1 rings (SSSR count). The van der Waals surface area contributed by atoms with Crippen molar-refractivity contribution in [1.29, 1.82) is 0 Å². The molecule has 0 aromatic carbocycles. The van der Waals surface area contributed by atoms with Crippen molar-refractivity contribution >= 4 is 0 Å². The lowest BCUT2D eigenvalue weighted by Gasteiger charge is -2.22. The van der Waals surface area contributed by atoms with Crippen molar-refractivity contribution in [2.24, 2.45) is 11.8 Å². The van der Waals surface area contributed by atoms with E-state index in [4.69, 9.17) is 0 Å². The average Bonchev–Trinajstić information content (AvgIpc) is 1.91. The van der Waals surface area contributed by atoms with Gasteiger partial charge in [-0.05, 0) is 18.3 Å². The molecule has 0 radical (unpaired) electrons. The van der Waals surface area contributed by atoms with Gasteiger partial charge in [-0.3, -0.25) is 0 Å². The van der Waals surface area contributed by atoms with Gasteiger partial charge in [-0.2, -0.15) is 0 Å². The summed E-state index contributed by atoms with van der Waals surface area (Å²) in [5, 5.41) is 0. The van der Waals surface area contributed by atoms with E-state index in [-0.39, 0.29) is 5.48 Å². The smallest absolute Gasteiger partial charge is 0.0440 e. The fourth-order valence-corrected chi connectivity index (χ4v) is 1.74. The molecule has 0 unspecified atom stereocenters. The molecule has 1 heteroatoms. The van der Waals surface area contributed by atoms with Crippen molar-refractivity contribution in [3.63, 3.8) is 0 Å². The first-order valence-electron chi connectivity index (χ1n) is 4.79. The molecule has 1 fully saturated rings. The van der Waals surface area contributed by atoms with Crippen LogP contribution in [-0.4, -0.2) is 5.48 Å². The maximum atomic E-state index is 2.37. The third-order valence-corrected chi connectivity index (χ3v) is 2.20. The SMILES string of the molecule is CC.C[C@@H]1CCC[C@H](C)C1.O. The number of hydrogen-bond donors (Lipinski definition) is 0. The summed E-state index contributed by atoms with van der Waals surface area (Å²) < 4.78 is 0. The van der Waals surface area contributed by atoms with Crippen molar-refractivity contribution in [2.45, 2.75) is 53.4 Å². The zero-order valence-corrected chi connectivity index (χ0v) is 8.48. The Kier molecular flexibility index (Phi) is 9.92. The molecule has 0 saturated heterocycles. The summed E-state index contributed by atoms with van der Waals surface area (Å²) in [7, 11) is 0. The van der Waals surface area contributed by atoms with Gasteiger partial charge >= 0.3 is 0 Å². The largest absolute Gasteiger partial charge is 0.412 e. The van der Waals surface area contributed by atoms with E-state index in [1.54, 1.807) is 0 Å².